The first-order valence-electron chi connectivity index (χ1n) is 6.91. The molecule has 1 aromatic carbocycles. The summed E-state index contributed by atoms with van der Waals surface area (Å²) in [6, 6.07) is 6.50. The Kier molecular flexibility index (Phi) is 4.63. The second kappa shape index (κ2) is 6.21. The zero-order valence-corrected chi connectivity index (χ0v) is 14.1. The summed E-state index contributed by atoms with van der Waals surface area (Å²) in [7, 11) is -4.01. The van der Waals surface area contributed by atoms with Gasteiger partial charge in [-0.1, -0.05) is 18.2 Å². The molecule has 2 rings (SSSR count). The first kappa shape index (κ1) is 17.9. The Bertz CT molecular complexity index is 889. The molecular weight excluding hydrogens is 338 g/mol. The van der Waals surface area contributed by atoms with Crippen LogP contribution in [-0.2, 0) is 10.1 Å². The molecule has 0 aliphatic heterocycles. The third-order valence-corrected chi connectivity index (χ3v) is 3.41. The number of anilines is 1. The highest BCUT2D eigenvalue weighted by Crippen LogP contribution is 2.39. The zero-order valence-electron chi connectivity index (χ0n) is 13.3. The normalized spacial score (nSPS) is 12.2. The molecule has 0 spiro atoms. The Balaban J connectivity index is 2.73. The van der Waals surface area contributed by atoms with E-state index in [9.17, 15) is 23.6 Å². The quantitative estimate of drug-likeness (QED) is 0.454. The van der Waals surface area contributed by atoms with E-state index >= 15 is 0 Å². The van der Waals surface area contributed by atoms with Crippen molar-refractivity contribution in [1.29, 1.82) is 0 Å². The predicted octanol–water partition coefficient (Wildman–Crippen LogP) is 1.66. The molecule has 1 aromatic heterocycles. The summed E-state index contributed by atoms with van der Waals surface area (Å²) < 4.78 is 27.5. The van der Waals surface area contributed by atoms with Crippen LogP contribution in [0.4, 0.5) is 11.4 Å². The van der Waals surface area contributed by atoms with Crippen LogP contribution >= 0.6 is 0 Å². The fraction of sp³-hybridized carbons (Fsp3) is 0.357. The van der Waals surface area contributed by atoms with Crippen molar-refractivity contribution in [2.75, 3.05) is 18.1 Å². The molecule has 130 valence electrons. The van der Waals surface area contributed by atoms with E-state index in [0.29, 0.717) is 10.9 Å². The Labute approximate surface area is 138 Å². The number of nitrogens with zero attached hydrogens (tertiary/aromatic N) is 2. The number of hydrogen-bond acceptors (Lipinski definition) is 8. The number of aliphatic hydroxyl groups is 1. The van der Waals surface area contributed by atoms with Gasteiger partial charge in [-0.3, -0.25) is 10.1 Å². The molecule has 0 aliphatic rings. The summed E-state index contributed by atoms with van der Waals surface area (Å²) in [6.07, 6.45) is 0.775. The fourth-order valence-electron chi connectivity index (χ4n) is 2.03. The van der Waals surface area contributed by atoms with Crippen LogP contribution in [-0.4, -0.2) is 41.8 Å². The van der Waals surface area contributed by atoms with Gasteiger partial charge in [-0.25, -0.2) is 4.98 Å². The van der Waals surface area contributed by atoms with Gasteiger partial charge in [-0.15, -0.1) is 0 Å². The average molecular weight is 355 g/mol. The van der Waals surface area contributed by atoms with E-state index in [-0.39, 0.29) is 12.2 Å². The molecule has 2 N–H and O–H groups in total. The van der Waals surface area contributed by atoms with Crippen LogP contribution in [0.2, 0.25) is 0 Å². The summed E-state index contributed by atoms with van der Waals surface area (Å²) in [6.45, 7) is 3.06. The lowest BCUT2D eigenvalue weighted by atomic mass is 10.1. The van der Waals surface area contributed by atoms with E-state index < -0.39 is 32.2 Å². The summed E-state index contributed by atoms with van der Waals surface area (Å²) in [5.74, 6) is -0.626. The van der Waals surface area contributed by atoms with E-state index in [0.717, 1.165) is 6.26 Å². The van der Waals surface area contributed by atoms with E-state index in [1.165, 1.54) is 13.8 Å². The van der Waals surface area contributed by atoms with Crippen LogP contribution in [0.3, 0.4) is 0 Å². The monoisotopic (exact) mass is 355 g/mol. The molecule has 1 heterocycles. The van der Waals surface area contributed by atoms with Gasteiger partial charge in [0.25, 0.3) is 0 Å². The highest BCUT2D eigenvalue weighted by Gasteiger charge is 2.29. The summed E-state index contributed by atoms with van der Waals surface area (Å²) in [5.41, 5.74) is -1.40. The average Bonchev–Trinajstić information content (AvgIpc) is 2.41. The van der Waals surface area contributed by atoms with Gasteiger partial charge >= 0.3 is 21.7 Å². The molecule has 0 fully saturated rings. The SMILES string of the molecule is CC(C)(O)CNc1c([N+](=O)[O-])c(OS(C)(=O)=O)nc2ccccc12. The molecular formula is C14H17N3O6S. The number of para-hydroxylation sites is 1. The minimum absolute atomic E-state index is 0.000161. The van der Waals surface area contributed by atoms with Crippen LogP contribution in [0, 0.1) is 10.1 Å². The fourth-order valence-corrected chi connectivity index (χ4v) is 2.44. The maximum atomic E-state index is 11.5. The molecule has 2 aromatic rings. The van der Waals surface area contributed by atoms with Crippen molar-refractivity contribution in [3.05, 3.63) is 34.4 Å². The number of benzene rings is 1. The van der Waals surface area contributed by atoms with Gasteiger partial charge in [-0.05, 0) is 19.9 Å². The zero-order chi connectivity index (χ0) is 18.1. The number of fused-ring (bicyclic) bond motifs is 1. The minimum Gasteiger partial charge on any atom is -0.389 e. The van der Waals surface area contributed by atoms with Crippen molar-refractivity contribution < 1.29 is 22.6 Å². The highest BCUT2D eigenvalue weighted by atomic mass is 32.2. The topological polar surface area (TPSA) is 132 Å². The molecule has 0 unspecified atom stereocenters. The largest absolute Gasteiger partial charge is 0.389 e. The van der Waals surface area contributed by atoms with Crippen LogP contribution < -0.4 is 9.50 Å². The third-order valence-electron chi connectivity index (χ3n) is 2.95. The molecule has 9 nitrogen and oxygen atoms in total. The molecule has 0 bridgehead atoms. The summed E-state index contributed by atoms with van der Waals surface area (Å²) in [5, 5.41) is 24.6. The van der Waals surface area contributed by atoms with Crippen LogP contribution in [0.1, 0.15) is 13.8 Å². The molecule has 0 amide bonds. The molecule has 24 heavy (non-hydrogen) atoms. The predicted molar refractivity (Wildman–Crippen MR) is 88.7 cm³/mol. The van der Waals surface area contributed by atoms with E-state index in [2.05, 4.69) is 10.3 Å². The van der Waals surface area contributed by atoms with Gasteiger partial charge < -0.3 is 14.6 Å². The molecule has 0 saturated heterocycles. The van der Waals surface area contributed by atoms with Gasteiger partial charge in [0, 0.05) is 11.9 Å². The van der Waals surface area contributed by atoms with Gasteiger partial charge in [0.2, 0.25) is 0 Å². The van der Waals surface area contributed by atoms with Gasteiger partial charge in [0.05, 0.1) is 22.3 Å². The number of pyridine rings is 1. The van der Waals surface area contributed by atoms with Crippen LogP contribution in [0.25, 0.3) is 10.9 Å². The molecule has 0 atom stereocenters. The number of nitro groups is 1. The lowest BCUT2D eigenvalue weighted by Gasteiger charge is -2.19. The number of hydrogen-bond donors (Lipinski definition) is 2. The van der Waals surface area contributed by atoms with Crippen molar-refractivity contribution in [2.45, 2.75) is 19.4 Å². The van der Waals surface area contributed by atoms with Gasteiger partial charge in [0.15, 0.2) is 0 Å². The van der Waals surface area contributed by atoms with Crippen molar-refractivity contribution in [2.24, 2.45) is 0 Å². The summed E-state index contributed by atoms with van der Waals surface area (Å²) >= 11 is 0. The highest BCUT2D eigenvalue weighted by molar-refractivity contribution is 7.86. The maximum absolute atomic E-state index is 11.5. The maximum Gasteiger partial charge on any atom is 0.355 e. The Morgan fingerprint density at radius 1 is 1.38 bits per heavy atom. The van der Waals surface area contributed by atoms with Crippen LogP contribution in [0.5, 0.6) is 5.88 Å². The Morgan fingerprint density at radius 2 is 2.00 bits per heavy atom. The lowest BCUT2D eigenvalue weighted by molar-refractivity contribution is -0.384. The Hall–Kier alpha value is -2.46. The van der Waals surface area contributed by atoms with Crippen molar-refractivity contribution >= 4 is 32.4 Å². The first-order chi connectivity index (χ1) is 11.0. The molecule has 10 heteroatoms. The van der Waals surface area contributed by atoms with E-state index in [4.69, 9.17) is 4.18 Å². The molecule has 0 aliphatic carbocycles. The van der Waals surface area contributed by atoms with Crippen molar-refractivity contribution in [3.63, 3.8) is 0 Å². The number of rotatable bonds is 6. The van der Waals surface area contributed by atoms with Crippen LogP contribution in [0.15, 0.2) is 24.3 Å². The second-order valence-corrected chi connectivity index (χ2v) is 7.44. The number of aromatic nitrogens is 1. The Morgan fingerprint density at radius 3 is 2.54 bits per heavy atom. The molecule has 0 radical (unpaired) electrons. The van der Waals surface area contributed by atoms with Gasteiger partial charge in [-0.2, -0.15) is 8.42 Å². The number of nitrogens with one attached hydrogen (secondary N) is 1. The standard InChI is InChI=1S/C14H17N3O6S/c1-14(2,18)8-15-11-9-6-4-5-7-10(9)16-13(12(11)17(19)20)23-24(3,21)22/h4-7,18H,8H2,1-3H3,(H,15,16). The smallest absolute Gasteiger partial charge is 0.355 e. The first-order valence-corrected chi connectivity index (χ1v) is 8.72. The minimum atomic E-state index is -4.01. The molecule has 0 saturated carbocycles. The summed E-state index contributed by atoms with van der Waals surface area (Å²) in [4.78, 5) is 14.7. The third kappa shape index (κ3) is 4.30. The lowest BCUT2D eigenvalue weighted by Crippen LogP contribution is -2.29. The van der Waals surface area contributed by atoms with Gasteiger partial charge in [0.1, 0.15) is 5.69 Å². The van der Waals surface area contributed by atoms with E-state index in [1.807, 2.05) is 0 Å². The second-order valence-electron chi connectivity index (χ2n) is 5.87. The van der Waals surface area contributed by atoms with E-state index in [1.54, 1.807) is 24.3 Å². The van der Waals surface area contributed by atoms with Crippen molar-refractivity contribution in [3.8, 4) is 5.88 Å². The van der Waals surface area contributed by atoms with Crippen molar-refractivity contribution in [1.82, 2.24) is 4.98 Å².